The average Bonchev–Trinajstić information content (AvgIpc) is 2.97. The Hall–Kier alpha value is -3.85. The van der Waals surface area contributed by atoms with Gasteiger partial charge in [0.25, 0.3) is 0 Å². The second kappa shape index (κ2) is 13.1. The maximum absolute atomic E-state index is 16.5. The summed E-state index contributed by atoms with van der Waals surface area (Å²) in [7, 11) is 1.13. The van der Waals surface area contributed by atoms with Gasteiger partial charge in [0.2, 0.25) is 0 Å². The molecule has 0 aliphatic carbocycles. The molecule has 4 rings (SSSR count). The van der Waals surface area contributed by atoms with Crippen molar-refractivity contribution < 1.29 is 28.4 Å². The van der Waals surface area contributed by atoms with E-state index in [1.165, 1.54) is 22.2 Å². The van der Waals surface area contributed by atoms with Gasteiger partial charge in [-0.2, -0.15) is 0 Å². The molecular formula is C30H35BrClFN6O7. The molecule has 0 spiro atoms. The standard InChI is InChI=1S/C30H35BrClFN6O7/c1-14(2)21-25(22(15(3)4)35-13-34-21)38-23-16(11-17(32)19(31)20(23)33)24(26(27(38)40)39(43)44)37-10-9-36(12-18(37)28(41)45-8)29(42)46-30(5,6)7/h11,13-15,18H,9-10,12H2,1-8H3. The van der Waals surface area contributed by atoms with Crippen LogP contribution in [0.5, 0.6) is 0 Å². The van der Waals surface area contributed by atoms with Crippen molar-refractivity contribution in [1.29, 1.82) is 0 Å². The molecule has 1 aliphatic heterocycles. The summed E-state index contributed by atoms with van der Waals surface area (Å²) in [6.07, 6.45) is 0.624. The molecular weight excluding hydrogens is 691 g/mol. The minimum absolute atomic E-state index is 0.0433. The fourth-order valence-electron chi connectivity index (χ4n) is 5.45. The van der Waals surface area contributed by atoms with Crippen LogP contribution in [0.4, 0.5) is 20.6 Å². The Labute approximate surface area is 277 Å². The quantitative estimate of drug-likeness (QED) is 0.126. The van der Waals surface area contributed by atoms with E-state index in [1.807, 2.05) is 27.7 Å². The van der Waals surface area contributed by atoms with Crippen molar-refractivity contribution in [3.05, 3.63) is 59.6 Å². The van der Waals surface area contributed by atoms with E-state index in [-0.39, 0.29) is 63.2 Å². The number of esters is 1. The fourth-order valence-corrected chi connectivity index (χ4v) is 5.95. The topological polar surface area (TPSA) is 150 Å². The highest BCUT2D eigenvalue weighted by molar-refractivity contribution is 9.10. The Morgan fingerprint density at radius 1 is 1.13 bits per heavy atom. The smallest absolute Gasteiger partial charge is 0.410 e. The molecule has 1 unspecified atom stereocenters. The van der Waals surface area contributed by atoms with Gasteiger partial charge in [0.1, 0.15) is 23.7 Å². The van der Waals surface area contributed by atoms with E-state index in [2.05, 4.69) is 25.9 Å². The van der Waals surface area contributed by atoms with Crippen molar-refractivity contribution in [2.24, 2.45) is 0 Å². The molecule has 248 valence electrons. The van der Waals surface area contributed by atoms with Gasteiger partial charge < -0.3 is 19.3 Å². The average molecular weight is 726 g/mol. The van der Waals surface area contributed by atoms with Crippen molar-refractivity contribution in [3.8, 4) is 5.69 Å². The number of nitro groups is 1. The van der Waals surface area contributed by atoms with Crippen LogP contribution < -0.4 is 10.5 Å². The van der Waals surface area contributed by atoms with Gasteiger partial charge >= 0.3 is 23.3 Å². The van der Waals surface area contributed by atoms with Crippen LogP contribution in [0.1, 0.15) is 71.7 Å². The van der Waals surface area contributed by atoms with Crippen molar-refractivity contribution in [3.63, 3.8) is 0 Å². The minimum atomic E-state index is -1.33. The fraction of sp³-hybridized carbons (Fsp3) is 0.500. The molecule has 1 fully saturated rings. The molecule has 2 aromatic heterocycles. The Kier molecular flexibility index (Phi) is 9.97. The van der Waals surface area contributed by atoms with Crippen LogP contribution in [0.2, 0.25) is 5.02 Å². The van der Waals surface area contributed by atoms with Gasteiger partial charge in [0, 0.05) is 18.5 Å². The van der Waals surface area contributed by atoms with Gasteiger partial charge in [-0.3, -0.25) is 19.5 Å². The lowest BCUT2D eigenvalue weighted by atomic mass is 10.00. The number of ether oxygens (including phenoxy) is 2. The number of rotatable bonds is 6. The molecule has 1 atom stereocenters. The second-order valence-corrected chi connectivity index (χ2v) is 13.6. The number of carbonyl (C=O) groups is 2. The van der Waals surface area contributed by atoms with E-state index >= 15 is 4.39 Å². The molecule has 3 heterocycles. The first kappa shape index (κ1) is 35.0. The molecule has 0 radical (unpaired) electrons. The van der Waals surface area contributed by atoms with Crippen molar-refractivity contribution in [2.45, 2.75) is 71.9 Å². The molecule has 1 aromatic carbocycles. The van der Waals surface area contributed by atoms with Gasteiger partial charge in [-0.25, -0.2) is 23.9 Å². The summed E-state index contributed by atoms with van der Waals surface area (Å²) in [6.45, 7) is 11.8. The van der Waals surface area contributed by atoms with E-state index < -0.39 is 45.7 Å². The number of halogens is 3. The van der Waals surface area contributed by atoms with E-state index in [1.54, 1.807) is 20.8 Å². The summed E-state index contributed by atoms with van der Waals surface area (Å²) < 4.78 is 27.7. The normalized spacial score (nSPS) is 15.5. The highest BCUT2D eigenvalue weighted by atomic mass is 79.9. The molecule has 1 saturated heterocycles. The van der Waals surface area contributed by atoms with Gasteiger partial charge in [-0.1, -0.05) is 39.3 Å². The molecule has 0 saturated carbocycles. The predicted molar refractivity (Wildman–Crippen MR) is 174 cm³/mol. The Morgan fingerprint density at radius 2 is 1.72 bits per heavy atom. The molecule has 1 amide bonds. The highest BCUT2D eigenvalue weighted by Gasteiger charge is 2.42. The number of hydrogen-bond donors (Lipinski definition) is 0. The zero-order chi connectivity index (χ0) is 34.4. The first-order chi connectivity index (χ1) is 21.4. The van der Waals surface area contributed by atoms with E-state index in [0.717, 1.165) is 11.7 Å². The van der Waals surface area contributed by atoms with Crippen LogP contribution in [0, 0.1) is 15.9 Å². The molecule has 3 aromatic rings. The predicted octanol–water partition coefficient (Wildman–Crippen LogP) is 6.09. The van der Waals surface area contributed by atoms with E-state index in [9.17, 15) is 24.5 Å². The number of pyridine rings is 1. The minimum Gasteiger partial charge on any atom is -0.467 e. The Bertz CT molecular complexity index is 1770. The summed E-state index contributed by atoms with van der Waals surface area (Å²) in [4.78, 5) is 63.9. The maximum Gasteiger partial charge on any atom is 0.410 e. The Balaban J connectivity index is 2.14. The summed E-state index contributed by atoms with van der Waals surface area (Å²) in [5, 5.41) is 12.6. The van der Waals surface area contributed by atoms with Gasteiger partial charge in [-0.15, -0.1) is 0 Å². The van der Waals surface area contributed by atoms with E-state index in [0.29, 0.717) is 11.4 Å². The third kappa shape index (κ3) is 6.39. The van der Waals surface area contributed by atoms with Crippen molar-refractivity contribution in [2.75, 3.05) is 31.6 Å². The van der Waals surface area contributed by atoms with Crippen LogP contribution in [-0.4, -0.2) is 74.8 Å². The maximum atomic E-state index is 16.5. The van der Waals surface area contributed by atoms with Gasteiger partial charge in [0.05, 0.1) is 50.7 Å². The lowest BCUT2D eigenvalue weighted by molar-refractivity contribution is -0.385. The largest absolute Gasteiger partial charge is 0.467 e. The zero-order valence-electron chi connectivity index (χ0n) is 26.7. The zero-order valence-corrected chi connectivity index (χ0v) is 29.0. The number of benzene rings is 1. The van der Waals surface area contributed by atoms with Crippen LogP contribution in [-0.2, 0) is 14.3 Å². The van der Waals surface area contributed by atoms with Gasteiger partial charge in [-0.05, 0) is 54.6 Å². The molecule has 0 bridgehead atoms. The number of nitrogens with zero attached hydrogens (tertiary/aromatic N) is 6. The van der Waals surface area contributed by atoms with Crippen LogP contribution in [0.25, 0.3) is 16.6 Å². The first-order valence-corrected chi connectivity index (χ1v) is 15.7. The van der Waals surface area contributed by atoms with Crippen LogP contribution >= 0.6 is 27.5 Å². The van der Waals surface area contributed by atoms with Crippen molar-refractivity contribution >= 4 is 61.9 Å². The summed E-state index contributed by atoms with van der Waals surface area (Å²) in [5.41, 5.74) is -2.76. The summed E-state index contributed by atoms with van der Waals surface area (Å²) >= 11 is 9.60. The van der Waals surface area contributed by atoms with E-state index in [4.69, 9.17) is 21.1 Å². The number of piperazine rings is 1. The van der Waals surface area contributed by atoms with Crippen molar-refractivity contribution in [1.82, 2.24) is 19.4 Å². The summed E-state index contributed by atoms with van der Waals surface area (Å²) in [6, 6.07) is -0.0310. The summed E-state index contributed by atoms with van der Waals surface area (Å²) in [5.74, 6) is -2.39. The SMILES string of the molecule is COC(=O)C1CN(C(=O)OC(C)(C)C)CCN1c1c([N+](=O)[O-])c(=O)n(-c2c(C(C)C)ncnc2C(C)C)c2c(F)c(Br)c(Cl)cc12. The third-order valence-electron chi connectivity index (χ3n) is 7.42. The third-order valence-corrected chi connectivity index (χ3v) is 8.72. The monoisotopic (exact) mass is 724 g/mol. The number of amides is 1. The Morgan fingerprint density at radius 3 is 2.22 bits per heavy atom. The lowest BCUT2D eigenvalue weighted by Crippen LogP contribution is -2.59. The molecule has 46 heavy (non-hydrogen) atoms. The second-order valence-electron chi connectivity index (χ2n) is 12.4. The highest BCUT2D eigenvalue weighted by Crippen LogP contribution is 2.43. The first-order valence-electron chi connectivity index (χ1n) is 14.5. The molecule has 0 N–H and O–H groups in total. The number of fused-ring (bicyclic) bond motifs is 1. The molecule has 13 nitrogen and oxygen atoms in total. The van der Waals surface area contributed by atoms with Crippen LogP contribution in [0.3, 0.4) is 0 Å². The molecule has 16 heteroatoms. The lowest BCUT2D eigenvalue weighted by Gasteiger charge is -2.41. The van der Waals surface area contributed by atoms with Crippen LogP contribution in [0.15, 0.2) is 21.7 Å². The number of carbonyl (C=O) groups excluding carboxylic acids is 2. The van der Waals surface area contributed by atoms with Gasteiger partial charge in [0.15, 0.2) is 5.82 Å². The number of methoxy groups -OCH3 is 1. The number of hydrogen-bond acceptors (Lipinski definition) is 10. The number of anilines is 1. The molecule has 1 aliphatic rings. The number of aromatic nitrogens is 3.